The van der Waals surface area contributed by atoms with Gasteiger partial charge >= 0.3 is 0 Å². The van der Waals surface area contributed by atoms with Gasteiger partial charge in [0, 0.05) is 19.9 Å². The lowest BCUT2D eigenvalue weighted by molar-refractivity contribution is 0.138. The molecule has 0 aliphatic carbocycles. The van der Waals surface area contributed by atoms with E-state index in [0.717, 1.165) is 0 Å². The number of aromatic nitrogens is 2. The van der Waals surface area contributed by atoms with Crippen molar-refractivity contribution in [2.24, 2.45) is 12.5 Å². The summed E-state index contributed by atoms with van der Waals surface area (Å²) in [6.45, 7) is 3.62. The molecule has 1 aromatic heterocycles. The van der Waals surface area contributed by atoms with E-state index >= 15 is 0 Å². The number of hydrogen-bond donors (Lipinski definition) is 1. The van der Waals surface area contributed by atoms with Gasteiger partial charge in [-0.2, -0.15) is 5.10 Å². The maximum atomic E-state index is 12.6. The zero-order chi connectivity index (χ0) is 11.6. The number of rotatable bonds is 4. The van der Waals surface area contributed by atoms with E-state index in [9.17, 15) is 8.78 Å². The van der Waals surface area contributed by atoms with Crippen molar-refractivity contribution < 1.29 is 13.9 Å². The van der Waals surface area contributed by atoms with E-state index in [1.54, 1.807) is 13.2 Å². The number of aryl methyl sites for hydroxylation is 1. The van der Waals surface area contributed by atoms with Crippen molar-refractivity contribution in [1.82, 2.24) is 9.78 Å². The molecule has 0 radical (unpaired) electrons. The normalized spacial score (nSPS) is 12.5. The first kappa shape index (κ1) is 12.1. The highest BCUT2D eigenvalue weighted by atomic mass is 19.3. The van der Waals surface area contributed by atoms with Crippen LogP contribution in [0.3, 0.4) is 0 Å². The molecule has 86 valence electrons. The second kappa shape index (κ2) is 4.26. The Kier molecular flexibility index (Phi) is 3.44. The van der Waals surface area contributed by atoms with Crippen LogP contribution in [0.1, 0.15) is 31.5 Å². The van der Waals surface area contributed by atoms with Crippen molar-refractivity contribution >= 4 is 0 Å². The molecule has 0 fully saturated rings. The van der Waals surface area contributed by atoms with E-state index < -0.39 is 11.8 Å². The standard InChI is InChI=1S/C10H16F2N2O/c1-10(2,6-15)4-7-5-14(3)13-8(7)9(11)12/h5,9,15H,4,6H2,1-3H3. The molecule has 1 heterocycles. The lowest BCUT2D eigenvalue weighted by Gasteiger charge is -2.20. The van der Waals surface area contributed by atoms with Gasteiger partial charge in [-0.1, -0.05) is 13.8 Å². The fourth-order valence-electron chi connectivity index (χ4n) is 1.45. The van der Waals surface area contributed by atoms with E-state index in [4.69, 9.17) is 5.11 Å². The summed E-state index contributed by atoms with van der Waals surface area (Å²) in [5.41, 5.74) is -0.0716. The van der Waals surface area contributed by atoms with Gasteiger partial charge in [-0.05, 0) is 17.4 Å². The van der Waals surface area contributed by atoms with Crippen LogP contribution >= 0.6 is 0 Å². The molecule has 3 nitrogen and oxygen atoms in total. The molecule has 0 aromatic carbocycles. The van der Waals surface area contributed by atoms with Crippen LogP contribution in [0.25, 0.3) is 0 Å². The number of nitrogens with zero attached hydrogens (tertiary/aromatic N) is 2. The first-order valence-electron chi connectivity index (χ1n) is 4.77. The van der Waals surface area contributed by atoms with Crippen LogP contribution in [0, 0.1) is 5.41 Å². The SMILES string of the molecule is Cn1cc(CC(C)(C)CO)c(C(F)F)n1. The van der Waals surface area contributed by atoms with E-state index in [-0.39, 0.29) is 12.3 Å². The molecular formula is C10H16F2N2O. The van der Waals surface area contributed by atoms with Crippen molar-refractivity contribution in [3.05, 3.63) is 17.5 Å². The van der Waals surface area contributed by atoms with Crippen LogP contribution in [0.5, 0.6) is 0 Å². The van der Waals surface area contributed by atoms with Crippen molar-refractivity contribution in [3.63, 3.8) is 0 Å². The third kappa shape index (κ3) is 2.99. The predicted molar refractivity (Wildman–Crippen MR) is 52.7 cm³/mol. The van der Waals surface area contributed by atoms with Gasteiger partial charge in [0.1, 0.15) is 5.69 Å². The summed E-state index contributed by atoms with van der Waals surface area (Å²) in [6, 6.07) is 0. The number of hydrogen-bond acceptors (Lipinski definition) is 2. The molecular weight excluding hydrogens is 202 g/mol. The molecule has 5 heteroatoms. The highest BCUT2D eigenvalue weighted by Crippen LogP contribution is 2.27. The Morgan fingerprint density at radius 2 is 2.13 bits per heavy atom. The molecule has 0 unspecified atom stereocenters. The molecule has 0 bridgehead atoms. The molecule has 1 N–H and O–H groups in total. The van der Waals surface area contributed by atoms with Crippen LogP contribution in [-0.4, -0.2) is 21.5 Å². The van der Waals surface area contributed by atoms with Crippen molar-refractivity contribution in [3.8, 4) is 0 Å². The average molecular weight is 218 g/mol. The zero-order valence-electron chi connectivity index (χ0n) is 9.17. The number of aliphatic hydroxyl groups excluding tert-OH is 1. The van der Waals surface area contributed by atoms with E-state index in [0.29, 0.717) is 12.0 Å². The summed E-state index contributed by atoms with van der Waals surface area (Å²) < 4.78 is 26.5. The monoisotopic (exact) mass is 218 g/mol. The van der Waals surface area contributed by atoms with Crippen molar-refractivity contribution in [1.29, 1.82) is 0 Å². The topological polar surface area (TPSA) is 38.0 Å². The first-order chi connectivity index (χ1) is 6.85. The minimum absolute atomic E-state index is 0.0371. The molecule has 1 rings (SSSR count). The lowest BCUT2D eigenvalue weighted by Crippen LogP contribution is -2.20. The Hall–Kier alpha value is -0.970. The quantitative estimate of drug-likeness (QED) is 0.838. The second-order valence-corrected chi connectivity index (χ2v) is 4.51. The van der Waals surface area contributed by atoms with Crippen LogP contribution in [0.2, 0.25) is 0 Å². The summed E-state index contributed by atoms with van der Waals surface area (Å²) >= 11 is 0. The van der Waals surface area contributed by atoms with Crippen molar-refractivity contribution in [2.75, 3.05) is 6.61 Å². The van der Waals surface area contributed by atoms with Gasteiger partial charge in [-0.15, -0.1) is 0 Å². The summed E-state index contributed by atoms with van der Waals surface area (Å²) in [7, 11) is 1.61. The van der Waals surface area contributed by atoms with Gasteiger partial charge in [0.15, 0.2) is 0 Å². The highest BCUT2D eigenvalue weighted by molar-refractivity contribution is 5.19. The Morgan fingerprint density at radius 3 is 2.60 bits per heavy atom. The number of aliphatic hydroxyl groups is 1. The van der Waals surface area contributed by atoms with Gasteiger partial charge in [0.25, 0.3) is 6.43 Å². The molecule has 0 amide bonds. The maximum Gasteiger partial charge on any atom is 0.282 e. The largest absolute Gasteiger partial charge is 0.396 e. The molecule has 0 aliphatic heterocycles. The Bertz CT molecular complexity index is 334. The van der Waals surface area contributed by atoms with E-state index in [1.165, 1.54) is 4.68 Å². The fraction of sp³-hybridized carbons (Fsp3) is 0.700. The summed E-state index contributed by atoms with van der Waals surface area (Å²) in [5, 5.41) is 12.8. The summed E-state index contributed by atoms with van der Waals surface area (Å²) in [4.78, 5) is 0. The van der Waals surface area contributed by atoms with Gasteiger partial charge in [0.2, 0.25) is 0 Å². The van der Waals surface area contributed by atoms with Gasteiger partial charge in [0.05, 0.1) is 0 Å². The molecule has 0 spiro atoms. The molecule has 1 aromatic rings. The Balaban J connectivity index is 2.94. The molecule has 0 aliphatic rings. The third-order valence-electron chi connectivity index (χ3n) is 2.24. The van der Waals surface area contributed by atoms with Crippen molar-refractivity contribution in [2.45, 2.75) is 26.7 Å². The van der Waals surface area contributed by atoms with Gasteiger partial charge in [-0.25, -0.2) is 8.78 Å². The number of alkyl halides is 2. The van der Waals surface area contributed by atoms with Crippen LogP contribution in [0.4, 0.5) is 8.78 Å². The van der Waals surface area contributed by atoms with Crippen LogP contribution < -0.4 is 0 Å². The smallest absolute Gasteiger partial charge is 0.282 e. The molecule has 0 saturated carbocycles. The van der Waals surface area contributed by atoms with Crippen LogP contribution in [-0.2, 0) is 13.5 Å². The van der Waals surface area contributed by atoms with Gasteiger partial charge in [-0.3, -0.25) is 4.68 Å². The molecule has 0 saturated heterocycles. The highest BCUT2D eigenvalue weighted by Gasteiger charge is 2.24. The van der Waals surface area contributed by atoms with Gasteiger partial charge < -0.3 is 5.11 Å². The molecule has 0 atom stereocenters. The second-order valence-electron chi connectivity index (χ2n) is 4.51. The minimum atomic E-state index is -2.56. The molecule has 15 heavy (non-hydrogen) atoms. The van der Waals surface area contributed by atoms with Crippen LogP contribution in [0.15, 0.2) is 6.20 Å². The number of halogens is 2. The van der Waals surface area contributed by atoms with E-state index in [2.05, 4.69) is 5.10 Å². The first-order valence-corrected chi connectivity index (χ1v) is 4.77. The lowest BCUT2D eigenvalue weighted by atomic mass is 9.87. The minimum Gasteiger partial charge on any atom is -0.396 e. The Labute approximate surface area is 87.7 Å². The zero-order valence-corrected chi connectivity index (χ0v) is 9.17. The summed E-state index contributed by atoms with van der Waals surface area (Å²) in [6.07, 6.45) is -0.577. The third-order valence-corrected chi connectivity index (χ3v) is 2.24. The summed E-state index contributed by atoms with van der Waals surface area (Å²) in [5.74, 6) is 0. The maximum absolute atomic E-state index is 12.6. The fourth-order valence-corrected chi connectivity index (χ4v) is 1.45. The van der Waals surface area contributed by atoms with E-state index in [1.807, 2.05) is 13.8 Å². The predicted octanol–water partition coefficient (Wildman–Crippen LogP) is 1.92. The average Bonchev–Trinajstić information content (AvgIpc) is 2.46. The Morgan fingerprint density at radius 1 is 1.53 bits per heavy atom.